The first kappa shape index (κ1) is 36.8. The molecule has 0 aliphatic carbocycles. The van der Waals surface area contributed by atoms with Crippen LogP contribution in [0, 0.1) is 0 Å². The van der Waals surface area contributed by atoms with Gasteiger partial charge < -0.3 is 30.8 Å². The highest BCUT2D eigenvalue weighted by molar-refractivity contribution is 6.13. The summed E-state index contributed by atoms with van der Waals surface area (Å²) in [4.78, 5) is 98.2. The van der Waals surface area contributed by atoms with Crippen LogP contribution in [0.2, 0.25) is 0 Å². The lowest BCUT2D eigenvalue weighted by Gasteiger charge is -2.33. The number of unbranched alkanes of at least 4 members (excludes halogenated alkanes) is 1. The molecule has 2 rings (SSSR count). The summed E-state index contributed by atoms with van der Waals surface area (Å²) in [6, 6.07) is -2.92. The van der Waals surface area contributed by atoms with E-state index in [0.29, 0.717) is 12.8 Å². The van der Waals surface area contributed by atoms with Crippen LogP contribution in [-0.4, -0.2) is 163 Å². The number of rotatable bonds is 22. The number of amides is 3. The van der Waals surface area contributed by atoms with Crippen molar-refractivity contribution in [3.63, 3.8) is 0 Å². The minimum atomic E-state index is -1.31. The Bertz CT molecular complexity index is 1160. The Morgan fingerprint density at radius 2 is 1.51 bits per heavy atom. The molecule has 0 aromatic carbocycles. The number of likely N-dealkylation sites (tertiary alicyclic amines) is 1. The maximum absolute atomic E-state index is 12.1. The van der Waals surface area contributed by atoms with Crippen molar-refractivity contribution >= 4 is 47.6 Å². The van der Waals surface area contributed by atoms with Gasteiger partial charge in [0.25, 0.3) is 11.8 Å². The predicted molar refractivity (Wildman–Crippen MR) is 151 cm³/mol. The van der Waals surface area contributed by atoms with Gasteiger partial charge in [-0.15, -0.1) is 0 Å². The second-order valence-electron chi connectivity index (χ2n) is 10.8. The van der Waals surface area contributed by atoms with E-state index in [9.17, 15) is 63.9 Å². The van der Waals surface area contributed by atoms with Crippen molar-refractivity contribution in [2.75, 3.05) is 52.4 Å². The quantitative estimate of drug-likeness (QED) is 0.0542. The van der Waals surface area contributed by atoms with Crippen LogP contribution in [-0.2, 0) is 38.4 Å². The Kier molecular flexibility index (Phi) is 14.5. The van der Waals surface area contributed by atoms with Gasteiger partial charge in [0.15, 0.2) is 0 Å². The average Bonchev–Trinajstić information content (AvgIpc) is 3.47. The standard InChI is InChI=1S/C27H39N5O13/c33-20(8-10-31-21(34)6-7-22(31)35)28-9-2-1-3-18(26(42)43)30(15-24(38)39)12-11-29(14-23(36)37)13-17-4-5-19(27(44)45)32(17)16-25(40)41/h6-7,17-19H,1-5,8-16H2,(H,28,33)(H,36,37)(H,38,39)(H,40,41)(H,42,43)(H,44,45)/t17-,18?,19+/m0/s1. The molecule has 0 aromatic heterocycles. The van der Waals surface area contributed by atoms with Crippen LogP contribution in [0.1, 0.15) is 38.5 Å². The molecule has 1 saturated heterocycles. The molecular formula is C27H39N5O13. The smallest absolute Gasteiger partial charge is 0.320 e. The van der Waals surface area contributed by atoms with Gasteiger partial charge in [-0.25, -0.2) is 0 Å². The van der Waals surface area contributed by atoms with Crippen molar-refractivity contribution in [1.29, 1.82) is 0 Å². The predicted octanol–water partition coefficient (Wildman–Crippen LogP) is -2.18. The number of hydrogen-bond acceptors (Lipinski definition) is 11. The van der Waals surface area contributed by atoms with E-state index in [4.69, 9.17) is 0 Å². The normalized spacial score (nSPS) is 18.9. The monoisotopic (exact) mass is 641 g/mol. The molecule has 1 fully saturated rings. The van der Waals surface area contributed by atoms with Gasteiger partial charge in [-0.2, -0.15) is 0 Å². The first-order chi connectivity index (χ1) is 21.2. The second-order valence-corrected chi connectivity index (χ2v) is 10.8. The minimum Gasteiger partial charge on any atom is -0.480 e. The maximum Gasteiger partial charge on any atom is 0.320 e. The number of carboxylic acids is 5. The number of carboxylic acid groups (broad SMARTS) is 5. The summed E-state index contributed by atoms with van der Waals surface area (Å²) in [5.41, 5.74) is 0. The van der Waals surface area contributed by atoms with E-state index in [2.05, 4.69) is 5.32 Å². The van der Waals surface area contributed by atoms with Crippen LogP contribution in [0.15, 0.2) is 12.2 Å². The zero-order chi connectivity index (χ0) is 33.7. The summed E-state index contributed by atoms with van der Waals surface area (Å²) in [7, 11) is 0. The minimum absolute atomic E-state index is 0.00910. The summed E-state index contributed by atoms with van der Waals surface area (Å²) in [6.07, 6.45) is 3.20. The van der Waals surface area contributed by atoms with Crippen molar-refractivity contribution in [2.45, 2.75) is 56.7 Å². The van der Waals surface area contributed by atoms with Crippen molar-refractivity contribution in [3.8, 4) is 0 Å². The summed E-state index contributed by atoms with van der Waals surface area (Å²) in [6.45, 7) is -1.95. The maximum atomic E-state index is 12.1. The molecule has 0 saturated carbocycles. The molecule has 3 atom stereocenters. The van der Waals surface area contributed by atoms with Crippen LogP contribution in [0.5, 0.6) is 0 Å². The molecule has 18 nitrogen and oxygen atoms in total. The number of aliphatic carboxylic acids is 5. The number of carbonyl (C=O) groups is 8. The largest absolute Gasteiger partial charge is 0.480 e. The first-order valence-corrected chi connectivity index (χ1v) is 14.3. The Morgan fingerprint density at radius 3 is 2.07 bits per heavy atom. The van der Waals surface area contributed by atoms with Crippen molar-refractivity contribution < 1.29 is 63.9 Å². The van der Waals surface area contributed by atoms with E-state index < -0.39 is 85.3 Å². The van der Waals surface area contributed by atoms with Gasteiger partial charge in [0.2, 0.25) is 5.91 Å². The van der Waals surface area contributed by atoms with E-state index in [1.165, 1.54) is 14.7 Å². The number of carbonyl (C=O) groups excluding carboxylic acids is 3. The van der Waals surface area contributed by atoms with Gasteiger partial charge >= 0.3 is 29.8 Å². The molecule has 0 aromatic rings. The van der Waals surface area contributed by atoms with Crippen LogP contribution >= 0.6 is 0 Å². The fraction of sp³-hybridized carbons (Fsp3) is 0.630. The molecule has 0 radical (unpaired) electrons. The van der Waals surface area contributed by atoms with E-state index >= 15 is 0 Å². The third-order valence-corrected chi connectivity index (χ3v) is 7.53. The highest BCUT2D eigenvalue weighted by Crippen LogP contribution is 2.25. The van der Waals surface area contributed by atoms with Crippen LogP contribution in [0.25, 0.3) is 0 Å². The van der Waals surface area contributed by atoms with Gasteiger partial charge in [-0.05, 0) is 32.1 Å². The van der Waals surface area contributed by atoms with E-state index in [1.807, 2.05) is 0 Å². The Balaban J connectivity index is 1.95. The molecule has 0 spiro atoms. The van der Waals surface area contributed by atoms with Crippen molar-refractivity contribution in [2.24, 2.45) is 0 Å². The van der Waals surface area contributed by atoms with Crippen molar-refractivity contribution in [3.05, 3.63) is 12.2 Å². The van der Waals surface area contributed by atoms with Crippen LogP contribution < -0.4 is 5.32 Å². The number of nitrogens with zero attached hydrogens (tertiary/aromatic N) is 4. The second kappa shape index (κ2) is 17.8. The lowest BCUT2D eigenvalue weighted by molar-refractivity contribution is -0.148. The summed E-state index contributed by atoms with van der Waals surface area (Å²) < 4.78 is 0. The summed E-state index contributed by atoms with van der Waals surface area (Å²) in [5, 5.41) is 50.1. The molecule has 2 aliphatic rings. The molecule has 2 aliphatic heterocycles. The lowest BCUT2D eigenvalue weighted by Crippen LogP contribution is -2.51. The Hall–Kier alpha value is -4.42. The third-order valence-electron chi connectivity index (χ3n) is 7.53. The van der Waals surface area contributed by atoms with Gasteiger partial charge in [0.05, 0.1) is 19.6 Å². The number of hydrogen-bond donors (Lipinski definition) is 6. The molecule has 250 valence electrons. The molecule has 45 heavy (non-hydrogen) atoms. The fourth-order valence-electron chi connectivity index (χ4n) is 5.41. The summed E-state index contributed by atoms with van der Waals surface area (Å²) in [5.74, 6) is -7.71. The van der Waals surface area contributed by atoms with Crippen LogP contribution in [0.3, 0.4) is 0 Å². The molecule has 18 heteroatoms. The van der Waals surface area contributed by atoms with Gasteiger partial charge in [-0.3, -0.25) is 58.0 Å². The van der Waals surface area contributed by atoms with Gasteiger partial charge in [0.1, 0.15) is 12.1 Å². The van der Waals surface area contributed by atoms with Gasteiger partial charge in [0, 0.05) is 57.3 Å². The zero-order valence-electron chi connectivity index (χ0n) is 24.6. The molecule has 3 amide bonds. The highest BCUT2D eigenvalue weighted by atomic mass is 16.4. The molecule has 0 bridgehead atoms. The Morgan fingerprint density at radius 1 is 0.867 bits per heavy atom. The zero-order valence-corrected chi connectivity index (χ0v) is 24.6. The SMILES string of the molecule is O=C(O)CN(CCN(CC(=O)O)C(CCCCNC(=O)CCN1C(=O)C=CC1=O)C(=O)O)C[C@@H]1CC[C@H](C(=O)O)N1CC(=O)O. The molecule has 2 heterocycles. The third kappa shape index (κ3) is 12.2. The first-order valence-electron chi connectivity index (χ1n) is 14.3. The molecule has 1 unspecified atom stereocenters. The van der Waals surface area contributed by atoms with Crippen LogP contribution in [0.4, 0.5) is 0 Å². The van der Waals surface area contributed by atoms with Crippen molar-refractivity contribution in [1.82, 2.24) is 24.9 Å². The molecular weight excluding hydrogens is 602 g/mol. The summed E-state index contributed by atoms with van der Waals surface area (Å²) >= 11 is 0. The van der Waals surface area contributed by atoms with E-state index in [1.54, 1.807) is 0 Å². The number of nitrogens with one attached hydrogen (secondary N) is 1. The molecule has 6 N–H and O–H groups in total. The average molecular weight is 642 g/mol. The van der Waals surface area contributed by atoms with E-state index in [0.717, 1.165) is 17.1 Å². The fourth-order valence-corrected chi connectivity index (χ4v) is 5.41. The Labute approximate surface area is 257 Å². The lowest BCUT2D eigenvalue weighted by atomic mass is 10.1. The highest BCUT2D eigenvalue weighted by Gasteiger charge is 2.40. The van der Waals surface area contributed by atoms with E-state index in [-0.39, 0.29) is 58.4 Å². The topological polar surface area (TPSA) is 263 Å². The van der Waals surface area contributed by atoms with Gasteiger partial charge in [-0.1, -0.05) is 0 Å². The number of imide groups is 1.